The second-order valence-corrected chi connectivity index (χ2v) is 13.3. The number of para-hydroxylation sites is 2. The Balaban J connectivity index is 1.15. The number of rotatable bonds is 5. The summed E-state index contributed by atoms with van der Waals surface area (Å²) in [6, 6.07) is 59.9. The molecule has 2 heteroatoms. The van der Waals surface area contributed by atoms with Gasteiger partial charge < -0.3 is 9.13 Å². The van der Waals surface area contributed by atoms with E-state index in [9.17, 15) is 0 Å². The van der Waals surface area contributed by atoms with Crippen molar-refractivity contribution in [3.05, 3.63) is 194 Å². The first kappa shape index (κ1) is 28.6. The minimum Gasteiger partial charge on any atom is -0.309 e. The topological polar surface area (TPSA) is 9.86 Å². The third-order valence-corrected chi connectivity index (χ3v) is 10.5. The highest BCUT2D eigenvalue weighted by molar-refractivity contribution is 6.28. The fourth-order valence-electron chi connectivity index (χ4n) is 8.19. The molecule has 1 unspecified atom stereocenters. The van der Waals surface area contributed by atoms with Gasteiger partial charge in [0.15, 0.2) is 0 Å². The second kappa shape index (κ2) is 11.6. The molecule has 2 aromatic heterocycles. The zero-order valence-electron chi connectivity index (χ0n) is 27.6. The van der Waals surface area contributed by atoms with E-state index < -0.39 is 0 Å². The molecule has 0 N–H and O–H groups in total. The molecule has 1 aliphatic carbocycles. The van der Waals surface area contributed by atoms with Gasteiger partial charge in [-0.05, 0) is 82.8 Å². The average Bonchev–Trinajstić information content (AvgIpc) is 3.72. The molecule has 50 heavy (non-hydrogen) atoms. The lowest BCUT2D eigenvalue weighted by Crippen LogP contribution is -1.99. The highest BCUT2D eigenvalue weighted by Gasteiger charge is 2.21. The van der Waals surface area contributed by atoms with Gasteiger partial charge in [-0.15, -0.1) is 0 Å². The third kappa shape index (κ3) is 4.49. The summed E-state index contributed by atoms with van der Waals surface area (Å²) in [5.74, 6) is 0.402. The van der Waals surface area contributed by atoms with Crippen LogP contribution in [0.2, 0.25) is 0 Å². The number of hydrogen-bond donors (Lipinski definition) is 0. The number of hydrogen-bond acceptors (Lipinski definition) is 0. The van der Waals surface area contributed by atoms with Crippen LogP contribution in [0.25, 0.3) is 77.2 Å². The van der Waals surface area contributed by atoms with Crippen LogP contribution in [0.3, 0.4) is 0 Å². The summed E-state index contributed by atoms with van der Waals surface area (Å²) >= 11 is 0. The lowest BCUT2D eigenvalue weighted by atomic mass is 9.87. The van der Waals surface area contributed by atoms with Crippen molar-refractivity contribution in [2.24, 2.45) is 0 Å². The van der Waals surface area contributed by atoms with E-state index >= 15 is 0 Å². The average molecular weight is 639 g/mol. The van der Waals surface area contributed by atoms with Crippen LogP contribution in [0.5, 0.6) is 0 Å². The van der Waals surface area contributed by atoms with Crippen molar-refractivity contribution in [3.63, 3.8) is 0 Å². The first-order chi connectivity index (χ1) is 24.8. The van der Waals surface area contributed by atoms with E-state index in [0.717, 1.165) is 17.8 Å². The monoisotopic (exact) mass is 638 g/mol. The smallest absolute Gasteiger partial charge is 0.0548 e. The summed E-state index contributed by atoms with van der Waals surface area (Å²) in [7, 11) is 0. The predicted molar refractivity (Wildman–Crippen MR) is 212 cm³/mol. The van der Waals surface area contributed by atoms with E-state index in [1.807, 2.05) is 0 Å². The summed E-state index contributed by atoms with van der Waals surface area (Å²) in [4.78, 5) is 0. The Morgan fingerprint density at radius 2 is 0.920 bits per heavy atom. The van der Waals surface area contributed by atoms with Crippen molar-refractivity contribution >= 4 is 43.6 Å². The minimum atomic E-state index is 0.402. The molecule has 0 aliphatic heterocycles. The normalized spacial score (nSPS) is 14.4. The molecule has 1 atom stereocenters. The largest absolute Gasteiger partial charge is 0.309 e. The summed E-state index contributed by atoms with van der Waals surface area (Å²) in [6.45, 7) is 0. The van der Waals surface area contributed by atoms with Gasteiger partial charge in [-0.2, -0.15) is 0 Å². The van der Waals surface area contributed by atoms with Crippen molar-refractivity contribution in [1.29, 1.82) is 0 Å². The Morgan fingerprint density at radius 1 is 0.400 bits per heavy atom. The fourth-order valence-corrected chi connectivity index (χ4v) is 8.19. The molecule has 0 fully saturated rings. The number of benzene rings is 7. The highest BCUT2D eigenvalue weighted by atomic mass is 15.0. The van der Waals surface area contributed by atoms with Crippen LogP contribution in [0.15, 0.2) is 188 Å². The maximum absolute atomic E-state index is 2.44. The molecule has 236 valence electrons. The van der Waals surface area contributed by atoms with Crippen molar-refractivity contribution in [2.75, 3.05) is 0 Å². The molecule has 0 bridgehead atoms. The maximum atomic E-state index is 2.44. The van der Waals surface area contributed by atoms with Gasteiger partial charge in [0.1, 0.15) is 0 Å². The van der Waals surface area contributed by atoms with Crippen molar-refractivity contribution in [3.8, 4) is 33.6 Å². The molecule has 0 amide bonds. The fraction of sp³-hybridized carbons (Fsp3) is 0.0417. The molecule has 2 nitrogen and oxygen atoms in total. The van der Waals surface area contributed by atoms with Gasteiger partial charge in [0, 0.05) is 38.8 Å². The first-order valence-electron chi connectivity index (χ1n) is 17.5. The second-order valence-electron chi connectivity index (χ2n) is 13.3. The van der Waals surface area contributed by atoms with E-state index in [0.29, 0.717) is 5.92 Å². The van der Waals surface area contributed by atoms with E-state index in [2.05, 4.69) is 197 Å². The Bertz CT molecular complexity index is 2760. The molecule has 9 aromatic rings. The molecular formula is C48H34N2. The van der Waals surface area contributed by atoms with Crippen LogP contribution in [-0.2, 0) is 0 Å². The predicted octanol–water partition coefficient (Wildman–Crippen LogP) is 12.8. The van der Waals surface area contributed by atoms with Crippen molar-refractivity contribution in [2.45, 2.75) is 12.3 Å². The molecule has 0 spiro atoms. The highest BCUT2D eigenvalue weighted by Crippen LogP contribution is 2.43. The lowest BCUT2D eigenvalue weighted by Gasteiger charge is -2.18. The summed E-state index contributed by atoms with van der Waals surface area (Å²) in [5, 5.41) is 5.12. The summed E-state index contributed by atoms with van der Waals surface area (Å²) < 4.78 is 4.86. The SMILES string of the molecule is C1=CCC(c2ccccc2-c2ccc(-n3c4ccccc4c4c5c6ccccc6n(-c6ccc(-c7ccccc7)cc6)c5ccc43)cc2)C=C1. The van der Waals surface area contributed by atoms with E-state index in [-0.39, 0.29) is 0 Å². The lowest BCUT2D eigenvalue weighted by molar-refractivity contribution is 0.856. The molecule has 1 aliphatic rings. The van der Waals surface area contributed by atoms with Gasteiger partial charge in [0.05, 0.1) is 22.1 Å². The van der Waals surface area contributed by atoms with Gasteiger partial charge in [-0.3, -0.25) is 0 Å². The minimum absolute atomic E-state index is 0.402. The van der Waals surface area contributed by atoms with Crippen molar-refractivity contribution in [1.82, 2.24) is 9.13 Å². The molecule has 7 aromatic carbocycles. The van der Waals surface area contributed by atoms with Gasteiger partial charge in [-0.25, -0.2) is 0 Å². The molecule has 0 saturated carbocycles. The van der Waals surface area contributed by atoms with Crippen molar-refractivity contribution < 1.29 is 0 Å². The maximum Gasteiger partial charge on any atom is 0.0548 e. The Hall–Kier alpha value is -6.38. The Labute approximate surface area is 291 Å². The van der Waals surface area contributed by atoms with Crippen LogP contribution < -0.4 is 0 Å². The summed E-state index contributed by atoms with van der Waals surface area (Å²) in [5.41, 5.74) is 13.6. The first-order valence-corrected chi connectivity index (χ1v) is 17.5. The Morgan fingerprint density at radius 3 is 1.52 bits per heavy atom. The van der Waals surface area contributed by atoms with Crippen LogP contribution in [0.1, 0.15) is 17.9 Å². The molecule has 0 radical (unpaired) electrons. The van der Waals surface area contributed by atoms with E-state index in [1.54, 1.807) is 0 Å². The standard InChI is InChI=1S/C48H34N2/c1-3-13-33(14-4-1)34-23-27-37(28-24-34)49-43-21-11-9-19-41(43)47-45(49)31-32-46-48(47)42-20-10-12-22-44(42)50(46)38-29-25-36(26-30-38)40-18-8-7-17-39(40)35-15-5-2-6-16-35/h1-15,17-32,35H,16H2. The van der Waals surface area contributed by atoms with Gasteiger partial charge in [0.2, 0.25) is 0 Å². The van der Waals surface area contributed by atoms with Crippen LogP contribution in [-0.4, -0.2) is 9.13 Å². The number of allylic oxidation sites excluding steroid dienone is 4. The summed E-state index contributed by atoms with van der Waals surface area (Å²) in [6.07, 6.45) is 9.95. The molecule has 10 rings (SSSR count). The number of fused-ring (bicyclic) bond motifs is 7. The van der Waals surface area contributed by atoms with Crippen LogP contribution >= 0.6 is 0 Å². The number of aromatic nitrogens is 2. The van der Waals surface area contributed by atoms with Gasteiger partial charge >= 0.3 is 0 Å². The number of nitrogens with zero attached hydrogens (tertiary/aromatic N) is 2. The molecule has 2 heterocycles. The third-order valence-electron chi connectivity index (χ3n) is 10.5. The van der Waals surface area contributed by atoms with E-state index in [1.165, 1.54) is 71.4 Å². The van der Waals surface area contributed by atoms with Gasteiger partial charge in [0.25, 0.3) is 0 Å². The van der Waals surface area contributed by atoms with Crippen LogP contribution in [0.4, 0.5) is 0 Å². The van der Waals surface area contributed by atoms with Gasteiger partial charge in [-0.1, -0.05) is 140 Å². The Kier molecular flexibility index (Phi) is 6.67. The van der Waals surface area contributed by atoms with E-state index in [4.69, 9.17) is 0 Å². The molecular weight excluding hydrogens is 605 g/mol. The van der Waals surface area contributed by atoms with Crippen LogP contribution in [0, 0.1) is 0 Å². The zero-order valence-corrected chi connectivity index (χ0v) is 27.6. The zero-order chi connectivity index (χ0) is 33.0. The molecule has 0 saturated heterocycles. The quantitative estimate of drug-likeness (QED) is 0.178.